The molecule has 10 heteroatoms. The molecule has 1 atom stereocenters. The lowest BCUT2D eigenvalue weighted by molar-refractivity contribution is 0.399. The van der Waals surface area contributed by atoms with Crippen molar-refractivity contribution in [3.05, 3.63) is 21.1 Å². The Morgan fingerprint density at radius 2 is 2.14 bits per heavy atom. The Morgan fingerprint density at radius 1 is 1.38 bits per heavy atom. The molecule has 7 nitrogen and oxygen atoms in total. The summed E-state index contributed by atoms with van der Waals surface area (Å²) in [6, 6.07) is -0.354. The molecule has 0 aliphatic carbocycles. The Kier molecular flexibility index (Phi) is 3.89. The van der Waals surface area contributed by atoms with Crippen LogP contribution in [0.2, 0.25) is 0 Å². The molecule has 0 saturated carbocycles. The van der Waals surface area contributed by atoms with Gasteiger partial charge in [-0.3, -0.25) is 0 Å². The second kappa shape index (κ2) is 5.41. The van der Waals surface area contributed by atoms with Crippen LogP contribution in [-0.4, -0.2) is 28.2 Å². The van der Waals surface area contributed by atoms with Crippen LogP contribution in [0.25, 0.3) is 0 Å². The first-order valence-electron chi connectivity index (χ1n) is 6.43. The molecule has 0 fully saturated rings. The minimum absolute atomic E-state index is 0.0697. The zero-order valence-corrected chi connectivity index (χ0v) is 14.7. The van der Waals surface area contributed by atoms with E-state index in [1.54, 1.807) is 18.5 Å². The molecular weight excluding hydrogens is 378 g/mol. The molecule has 0 spiro atoms. The lowest BCUT2D eigenvalue weighted by Gasteiger charge is -2.22. The number of thiazole rings is 1. The van der Waals surface area contributed by atoms with Crippen LogP contribution in [0.3, 0.4) is 0 Å². The van der Waals surface area contributed by atoms with Crippen LogP contribution in [-0.2, 0) is 16.6 Å². The summed E-state index contributed by atoms with van der Waals surface area (Å²) in [5, 5.41) is 4.27. The second-order valence-corrected chi connectivity index (χ2v) is 9.10. The number of aryl methyl sites for hydroxylation is 3. The van der Waals surface area contributed by atoms with E-state index in [0.717, 1.165) is 28.1 Å². The number of halogens is 1. The maximum absolute atomic E-state index is 12.4. The van der Waals surface area contributed by atoms with Crippen LogP contribution >= 0.6 is 27.3 Å². The van der Waals surface area contributed by atoms with Crippen molar-refractivity contribution in [2.24, 2.45) is 0 Å². The molecule has 1 N–H and O–H groups in total. The molecule has 0 aromatic carbocycles. The van der Waals surface area contributed by atoms with E-state index in [2.05, 4.69) is 35.7 Å². The Morgan fingerprint density at radius 3 is 2.81 bits per heavy atom. The molecule has 0 unspecified atom stereocenters. The SMILES string of the molecule is Cc1nc2n(n1)CCC[C@@H]2NS(=O)(=O)c1nc(C)c(Br)s1. The summed E-state index contributed by atoms with van der Waals surface area (Å²) in [6.45, 7) is 4.34. The average Bonchev–Trinajstić information content (AvgIpc) is 2.93. The summed E-state index contributed by atoms with van der Waals surface area (Å²) in [5.41, 5.74) is 0.669. The van der Waals surface area contributed by atoms with E-state index in [1.807, 2.05) is 0 Å². The van der Waals surface area contributed by atoms with Crippen molar-refractivity contribution >= 4 is 37.3 Å². The van der Waals surface area contributed by atoms with Gasteiger partial charge in [0.05, 0.1) is 15.5 Å². The van der Waals surface area contributed by atoms with Crippen molar-refractivity contribution in [3.63, 3.8) is 0 Å². The van der Waals surface area contributed by atoms with Gasteiger partial charge in [0.1, 0.15) is 11.6 Å². The molecule has 0 amide bonds. The molecule has 1 aliphatic rings. The molecule has 2 aromatic rings. The van der Waals surface area contributed by atoms with Crippen molar-refractivity contribution in [1.29, 1.82) is 0 Å². The van der Waals surface area contributed by atoms with Gasteiger partial charge in [-0.25, -0.2) is 23.1 Å². The second-order valence-electron chi connectivity index (χ2n) is 4.90. The smallest absolute Gasteiger partial charge is 0.248 e. The predicted octanol–water partition coefficient (Wildman–Crippen LogP) is 1.93. The van der Waals surface area contributed by atoms with Gasteiger partial charge < -0.3 is 0 Å². The summed E-state index contributed by atoms with van der Waals surface area (Å²) >= 11 is 4.41. The number of sulfonamides is 1. The highest BCUT2D eigenvalue weighted by Crippen LogP contribution is 2.30. The van der Waals surface area contributed by atoms with Gasteiger partial charge >= 0.3 is 0 Å². The van der Waals surface area contributed by atoms with Crippen LogP contribution in [0.4, 0.5) is 0 Å². The van der Waals surface area contributed by atoms with Crippen LogP contribution in [0.1, 0.15) is 36.2 Å². The molecule has 114 valence electrons. The van der Waals surface area contributed by atoms with Crippen LogP contribution in [0, 0.1) is 13.8 Å². The normalized spacial score (nSPS) is 18.7. The van der Waals surface area contributed by atoms with Crippen molar-refractivity contribution in [2.45, 2.75) is 43.6 Å². The third-order valence-corrected chi connectivity index (χ3v) is 7.08. The van der Waals surface area contributed by atoms with Crippen molar-refractivity contribution in [3.8, 4) is 0 Å². The van der Waals surface area contributed by atoms with Gasteiger partial charge in [-0.05, 0) is 42.6 Å². The zero-order chi connectivity index (χ0) is 15.2. The monoisotopic (exact) mass is 391 g/mol. The van der Waals surface area contributed by atoms with Gasteiger partial charge in [0.15, 0.2) is 0 Å². The summed E-state index contributed by atoms with van der Waals surface area (Å²) < 4.78 is 30.1. The summed E-state index contributed by atoms with van der Waals surface area (Å²) in [6.07, 6.45) is 1.58. The zero-order valence-electron chi connectivity index (χ0n) is 11.5. The van der Waals surface area contributed by atoms with Crippen LogP contribution < -0.4 is 4.72 Å². The molecular formula is C11H14BrN5O2S2. The van der Waals surface area contributed by atoms with E-state index in [-0.39, 0.29) is 10.4 Å². The number of fused-ring (bicyclic) bond motifs is 1. The Labute approximate surface area is 135 Å². The van der Waals surface area contributed by atoms with E-state index < -0.39 is 10.0 Å². The summed E-state index contributed by atoms with van der Waals surface area (Å²) in [5.74, 6) is 1.33. The topological polar surface area (TPSA) is 89.8 Å². The number of hydrogen-bond donors (Lipinski definition) is 1. The molecule has 3 heterocycles. The van der Waals surface area contributed by atoms with Crippen LogP contribution in [0.15, 0.2) is 8.13 Å². The number of rotatable bonds is 3. The van der Waals surface area contributed by atoms with E-state index in [9.17, 15) is 8.42 Å². The highest BCUT2D eigenvalue weighted by atomic mass is 79.9. The van der Waals surface area contributed by atoms with Crippen molar-refractivity contribution in [2.75, 3.05) is 0 Å². The Bertz CT molecular complexity index is 763. The molecule has 2 aromatic heterocycles. The largest absolute Gasteiger partial charge is 0.268 e. The Hall–Kier alpha value is -0.840. The van der Waals surface area contributed by atoms with Crippen LogP contribution in [0.5, 0.6) is 0 Å². The highest BCUT2D eigenvalue weighted by Gasteiger charge is 2.30. The van der Waals surface area contributed by atoms with Crippen molar-refractivity contribution in [1.82, 2.24) is 24.5 Å². The highest BCUT2D eigenvalue weighted by molar-refractivity contribution is 9.11. The predicted molar refractivity (Wildman–Crippen MR) is 81.6 cm³/mol. The van der Waals surface area contributed by atoms with Gasteiger partial charge in [0, 0.05) is 6.54 Å². The molecule has 1 aliphatic heterocycles. The fraction of sp³-hybridized carbons (Fsp3) is 0.545. The number of nitrogens with one attached hydrogen (secondary N) is 1. The molecule has 3 rings (SSSR count). The first-order valence-corrected chi connectivity index (χ1v) is 9.52. The quantitative estimate of drug-likeness (QED) is 0.862. The van der Waals surface area contributed by atoms with E-state index in [0.29, 0.717) is 23.8 Å². The van der Waals surface area contributed by atoms with E-state index in [4.69, 9.17) is 0 Å². The maximum atomic E-state index is 12.4. The molecule has 0 saturated heterocycles. The molecule has 0 bridgehead atoms. The number of aromatic nitrogens is 4. The maximum Gasteiger partial charge on any atom is 0.268 e. The van der Waals surface area contributed by atoms with E-state index >= 15 is 0 Å². The first kappa shape index (κ1) is 15.1. The van der Waals surface area contributed by atoms with E-state index in [1.165, 1.54) is 0 Å². The lowest BCUT2D eigenvalue weighted by Crippen LogP contribution is -2.33. The molecule has 21 heavy (non-hydrogen) atoms. The number of hydrogen-bond acceptors (Lipinski definition) is 6. The number of nitrogens with zero attached hydrogens (tertiary/aromatic N) is 4. The summed E-state index contributed by atoms with van der Waals surface area (Å²) in [7, 11) is -3.65. The minimum atomic E-state index is -3.65. The third kappa shape index (κ3) is 2.89. The molecule has 0 radical (unpaired) electrons. The lowest BCUT2D eigenvalue weighted by atomic mass is 10.1. The fourth-order valence-corrected chi connectivity index (χ4v) is 5.48. The minimum Gasteiger partial charge on any atom is -0.248 e. The third-order valence-electron chi connectivity index (χ3n) is 3.23. The van der Waals surface area contributed by atoms with Gasteiger partial charge in [0.2, 0.25) is 4.34 Å². The van der Waals surface area contributed by atoms with Gasteiger partial charge in [-0.15, -0.1) is 0 Å². The Balaban J connectivity index is 1.90. The average molecular weight is 392 g/mol. The summed E-state index contributed by atoms with van der Waals surface area (Å²) in [4.78, 5) is 8.42. The first-order chi connectivity index (χ1) is 9.87. The van der Waals surface area contributed by atoms with Gasteiger partial charge in [-0.2, -0.15) is 9.82 Å². The fourth-order valence-electron chi connectivity index (χ4n) is 2.29. The van der Waals surface area contributed by atoms with Gasteiger partial charge in [0.25, 0.3) is 10.0 Å². The standard InChI is InChI=1S/C11H14BrN5O2S2/c1-6-9(12)20-11(13-6)21(18,19)16-8-4-3-5-17-10(8)14-7(2)15-17/h8,16H,3-5H2,1-2H3/t8-/m0/s1. The van der Waals surface area contributed by atoms with Crippen molar-refractivity contribution < 1.29 is 8.42 Å². The van der Waals surface area contributed by atoms with Gasteiger partial charge in [-0.1, -0.05) is 11.3 Å².